The van der Waals surface area contributed by atoms with Crippen LogP contribution in [0.15, 0.2) is 42.5 Å². The first kappa shape index (κ1) is 14.3. The van der Waals surface area contributed by atoms with Gasteiger partial charge in [0.25, 0.3) is 0 Å². The molecule has 5 nitrogen and oxygen atoms in total. The fraction of sp³-hybridized carbons (Fsp3) is 0.214. The van der Waals surface area contributed by atoms with E-state index in [-0.39, 0.29) is 5.75 Å². The van der Waals surface area contributed by atoms with Crippen LogP contribution >= 0.6 is 0 Å². The molecule has 0 radical (unpaired) electrons. The molecule has 0 atom stereocenters. The van der Waals surface area contributed by atoms with Crippen molar-refractivity contribution < 1.29 is 18.3 Å². The average molecular weight is 293 g/mol. The first-order valence-corrected chi connectivity index (χ1v) is 7.76. The van der Waals surface area contributed by atoms with Gasteiger partial charge in [0, 0.05) is 0 Å². The van der Waals surface area contributed by atoms with Crippen LogP contribution in [-0.4, -0.2) is 31.8 Å². The summed E-state index contributed by atoms with van der Waals surface area (Å²) in [5.74, 6) is -1.33. The summed E-state index contributed by atoms with van der Waals surface area (Å²) in [5, 5.41) is 10.8. The van der Waals surface area contributed by atoms with Crippen LogP contribution in [0.4, 0.5) is 5.69 Å². The second-order valence-corrected chi connectivity index (χ2v) is 6.51. The molecule has 0 heterocycles. The predicted molar refractivity (Wildman–Crippen MR) is 78.4 cm³/mol. The Morgan fingerprint density at radius 3 is 2.40 bits per heavy atom. The molecule has 106 valence electrons. The third-order valence-corrected chi connectivity index (χ3v) is 4.74. The zero-order chi connectivity index (χ0) is 14.8. The quantitative estimate of drug-likeness (QED) is 0.916. The van der Waals surface area contributed by atoms with Gasteiger partial charge in [0.1, 0.15) is 6.54 Å². The van der Waals surface area contributed by atoms with Gasteiger partial charge in [-0.15, -0.1) is 0 Å². The minimum absolute atomic E-state index is 0.146. The molecule has 0 bridgehead atoms. The van der Waals surface area contributed by atoms with Gasteiger partial charge in [-0.1, -0.05) is 30.3 Å². The average Bonchev–Trinajstić information content (AvgIpc) is 2.44. The highest BCUT2D eigenvalue weighted by molar-refractivity contribution is 7.92. The van der Waals surface area contributed by atoms with E-state index in [0.29, 0.717) is 5.69 Å². The normalized spacial score (nSPS) is 11.4. The van der Waals surface area contributed by atoms with Gasteiger partial charge < -0.3 is 5.11 Å². The van der Waals surface area contributed by atoms with Crippen molar-refractivity contribution in [3.8, 4) is 0 Å². The lowest BCUT2D eigenvalue weighted by Crippen LogP contribution is -2.36. The Kier molecular flexibility index (Phi) is 3.94. The first-order chi connectivity index (χ1) is 9.44. The number of fused-ring (bicyclic) bond motifs is 1. The summed E-state index contributed by atoms with van der Waals surface area (Å²) in [6, 6.07) is 12.6. The van der Waals surface area contributed by atoms with Crippen molar-refractivity contribution in [3.05, 3.63) is 42.5 Å². The van der Waals surface area contributed by atoms with E-state index in [2.05, 4.69) is 0 Å². The van der Waals surface area contributed by atoms with Crippen LogP contribution in [-0.2, 0) is 14.8 Å². The molecule has 6 heteroatoms. The largest absolute Gasteiger partial charge is 0.480 e. The monoisotopic (exact) mass is 293 g/mol. The summed E-state index contributed by atoms with van der Waals surface area (Å²) in [6.45, 7) is 0.916. The summed E-state index contributed by atoms with van der Waals surface area (Å²) >= 11 is 0. The van der Waals surface area contributed by atoms with Crippen molar-refractivity contribution >= 4 is 32.5 Å². The van der Waals surface area contributed by atoms with E-state index in [9.17, 15) is 13.2 Å². The van der Waals surface area contributed by atoms with E-state index in [1.807, 2.05) is 24.3 Å². The maximum Gasteiger partial charge on any atom is 0.324 e. The molecule has 2 aromatic rings. The molecule has 0 aliphatic carbocycles. The number of hydrogen-bond donors (Lipinski definition) is 1. The van der Waals surface area contributed by atoms with E-state index in [1.165, 1.54) is 6.92 Å². The maximum atomic E-state index is 12.0. The lowest BCUT2D eigenvalue weighted by molar-refractivity contribution is -0.135. The summed E-state index contributed by atoms with van der Waals surface area (Å²) in [5.41, 5.74) is 0.368. The first-order valence-electron chi connectivity index (χ1n) is 6.15. The number of benzene rings is 2. The lowest BCUT2D eigenvalue weighted by atomic mass is 10.1. The number of carboxylic acids is 1. The van der Waals surface area contributed by atoms with E-state index in [4.69, 9.17) is 5.11 Å². The fourth-order valence-electron chi connectivity index (χ4n) is 1.96. The highest BCUT2D eigenvalue weighted by atomic mass is 32.2. The summed E-state index contributed by atoms with van der Waals surface area (Å²) < 4.78 is 25.0. The second kappa shape index (κ2) is 5.50. The van der Waals surface area contributed by atoms with E-state index in [0.717, 1.165) is 15.1 Å². The van der Waals surface area contributed by atoms with Crippen LogP contribution in [0.3, 0.4) is 0 Å². The number of sulfonamides is 1. The highest BCUT2D eigenvalue weighted by Crippen LogP contribution is 2.24. The van der Waals surface area contributed by atoms with Gasteiger partial charge in [-0.2, -0.15) is 0 Å². The highest BCUT2D eigenvalue weighted by Gasteiger charge is 2.23. The number of anilines is 1. The lowest BCUT2D eigenvalue weighted by Gasteiger charge is -2.22. The molecule has 20 heavy (non-hydrogen) atoms. The molecule has 1 N–H and O–H groups in total. The Labute approximate surface area is 117 Å². The molecular weight excluding hydrogens is 278 g/mol. The van der Waals surface area contributed by atoms with Crippen LogP contribution in [0.1, 0.15) is 6.92 Å². The van der Waals surface area contributed by atoms with Crippen LogP contribution in [0.5, 0.6) is 0 Å². The van der Waals surface area contributed by atoms with E-state index >= 15 is 0 Å². The molecule has 0 saturated heterocycles. The molecule has 0 aliphatic rings. The third kappa shape index (κ3) is 2.91. The zero-order valence-corrected chi connectivity index (χ0v) is 11.8. The SMILES string of the molecule is CCS(=O)(=O)N(CC(=O)O)c1ccc2ccccc2c1. The van der Waals surface area contributed by atoms with E-state index < -0.39 is 22.5 Å². The summed E-state index contributed by atoms with van der Waals surface area (Å²) in [6.07, 6.45) is 0. The van der Waals surface area contributed by atoms with Crippen molar-refractivity contribution in [2.45, 2.75) is 6.92 Å². The minimum atomic E-state index is -3.62. The minimum Gasteiger partial charge on any atom is -0.480 e. The van der Waals surface area contributed by atoms with Gasteiger partial charge >= 0.3 is 5.97 Å². The second-order valence-electron chi connectivity index (χ2n) is 4.33. The standard InChI is InChI=1S/C14H15NO4S/c1-2-20(18,19)15(10-14(16)17)13-8-7-11-5-3-4-6-12(11)9-13/h3-9H,2,10H2,1H3,(H,16,17). The predicted octanol–water partition coefficient (Wildman–Crippen LogP) is 2.08. The molecule has 0 spiro atoms. The summed E-state index contributed by atoms with van der Waals surface area (Å²) in [4.78, 5) is 10.9. The molecule has 0 fully saturated rings. The van der Waals surface area contributed by atoms with Gasteiger partial charge in [-0.3, -0.25) is 9.10 Å². The molecule has 0 aromatic heterocycles. The Morgan fingerprint density at radius 1 is 1.15 bits per heavy atom. The number of carbonyl (C=O) groups is 1. The van der Waals surface area contributed by atoms with Crippen LogP contribution in [0, 0.1) is 0 Å². The van der Waals surface area contributed by atoms with Crippen LogP contribution in [0.2, 0.25) is 0 Å². The van der Waals surface area contributed by atoms with Gasteiger partial charge in [0.15, 0.2) is 0 Å². The third-order valence-electron chi connectivity index (χ3n) is 3.00. The molecule has 2 rings (SSSR count). The zero-order valence-electron chi connectivity index (χ0n) is 11.0. The van der Waals surface area contributed by atoms with Crippen molar-refractivity contribution in [1.29, 1.82) is 0 Å². The summed E-state index contributed by atoms with van der Waals surface area (Å²) in [7, 11) is -3.62. The van der Waals surface area contributed by atoms with Crippen molar-refractivity contribution in [2.75, 3.05) is 16.6 Å². The van der Waals surface area contributed by atoms with Crippen LogP contribution < -0.4 is 4.31 Å². The van der Waals surface area contributed by atoms with Crippen LogP contribution in [0.25, 0.3) is 10.8 Å². The number of aliphatic carboxylic acids is 1. The number of carboxylic acid groups (broad SMARTS) is 1. The molecule has 0 aliphatic heterocycles. The smallest absolute Gasteiger partial charge is 0.324 e. The van der Waals surface area contributed by atoms with Gasteiger partial charge in [-0.25, -0.2) is 8.42 Å². The van der Waals surface area contributed by atoms with Crippen molar-refractivity contribution in [1.82, 2.24) is 0 Å². The van der Waals surface area contributed by atoms with E-state index in [1.54, 1.807) is 18.2 Å². The van der Waals surface area contributed by atoms with Gasteiger partial charge in [0.05, 0.1) is 11.4 Å². The molecule has 2 aromatic carbocycles. The Morgan fingerprint density at radius 2 is 1.80 bits per heavy atom. The fourth-order valence-corrected chi connectivity index (χ4v) is 3.01. The number of hydrogen-bond acceptors (Lipinski definition) is 3. The van der Waals surface area contributed by atoms with Crippen molar-refractivity contribution in [2.24, 2.45) is 0 Å². The number of rotatable bonds is 5. The Balaban J connectivity index is 2.53. The molecule has 0 unspecified atom stereocenters. The van der Waals surface area contributed by atoms with Crippen molar-refractivity contribution in [3.63, 3.8) is 0 Å². The number of nitrogens with zero attached hydrogens (tertiary/aromatic N) is 1. The Hall–Kier alpha value is -2.08. The van der Waals surface area contributed by atoms with Gasteiger partial charge in [0.2, 0.25) is 10.0 Å². The topological polar surface area (TPSA) is 74.7 Å². The molecule has 0 saturated carbocycles. The Bertz CT molecular complexity index is 740. The molecule has 0 amide bonds. The molecular formula is C14H15NO4S. The maximum absolute atomic E-state index is 12.0. The van der Waals surface area contributed by atoms with Gasteiger partial charge in [-0.05, 0) is 29.8 Å².